The van der Waals surface area contributed by atoms with Crippen LogP contribution in [0.25, 0.3) is 0 Å². The number of carbonyl (C=O) groups excluding carboxylic acids is 2. The minimum atomic E-state index is -0.428. The van der Waals surface area contributed by atoms with Gasteiger partial charge in [-0.15, -0.1) is 11.3 Å². The van der Waals surface area contributed by atoms with E-state index in [9.17, 15) is 9.59 Å². The van der Waals surface area contributed by atoms with Crippen LogP contribution in [-0.2, 0) is 11.2 Å². The van der Waals surface area contributed by atoms with E-state index in [0.29, 0.717) is 24.0 Å². The lowest BCUT2D eigenvalue weighted by atomic mass is 9.98. The molecule has 6 heteroatoms. The molecule has 0 saturated heterocycles. The molecule has 2 aromatic rings. The van der Waals surface area contributed by atoms with Gasteiger partial charge < -0.3 is 0 Å². The molecular formula is C18H17BrN2O2S. The van der Waals surface area contributed by atoms with Crippen molar-refractivity contribution in [2.75, 3.05) is 18.1 Å². The standard InChI is InChI=1S/C18H17BrN2O2S/c1-2-14-11-7-9-24-15(11)6-8-20(14)10-21-16-12(17(22)18(21)23)4-3-5-13(16)19/h3-5,7,9,14H,2,6,8,10H2,1H3/t14-/m1/s1. The zero-order chi connectivity index (χ0) is 16.8. The predicted octanol–water partition coefficient (Wildman–Crippen LogP) is 4.01. The Morgan fingerprint density at radius 3 is 2.92 bits per heavy atom. The molecule has 0 fully saturated rings. The fourth-order valence-electron chi connectivity index (χ4n) is 3.72. The molecule has 0 radical (unpaired) electrons. The van der Waals surface area contributed by atoms with Gasteiger partial charge in [0.15, 0.2) is 0 Å². The number of halogens is 1. The molecular weight excluding hydrogens is 388 g/mol. The zero-order valence-corrected chi connectivity index (χ0v) is 15.7. The van der Waals surface area contributed by atoms with Crippen LogP contribution in [0.15, 0.2) is 34.1 Å². The Labute approximate surface area is 153 Å². The fourth-order valence-corrected chi connectivity index (χ4v) is 5.23. The lowest BCUT2D eigenvalue weighted by molar-refractivity contribution is -0.114. The van der Waals surface area contributed by atoms with Crippen molar-refractivity contribution in [2.24, 2.45) is 0 Å². The smallest absolute Gasteiger partial charge is 0.290 e. The molecule has 0 unspecified atom stereocenters. The number of anilines is 1. The summed E-state index contributed by atoms with van der Waals surface area (Å²) < 4.78 is 0.792. The van der Waals surface area contributed by atoms with Crippen LogP contribution < -0.4 is 4.90 Å². The Bertz CT molecular complexity index is 832. The van der Waals surface area contributed by atoms with E-state index in [2.05, 4.69) is 39.2 Å². The largest absolute Gasteiger partial charge is 0.300 e. The average molecular weight is 405 g/mol. The highest BCUT2D eigenvalue weighted by atomic mass is 79.9. The zero-order valence-electron chi connectivity index (χ0n) is 13.3. The summed E-state index contributed by atoms with van der Waals surface area (Å²) in [6.07, 6.45) is 1.99. The van der Waals surface area contributed by atoms with E-state index in [1.165, 1.54) is 10.4 Å². The molecule has 2 aliphatic heterocycles. The fraction of sp³-hybridized carbons (Fsp3) is 0.333. The number of fused-ring (bicyclic) bond motifs is 2. The summed E-state index contributed by atoms with van der Waals surface area (Å²) in [4.78, 5) is 30.2. The summed E-state index contributed by atoms with van der Waals surface area (Å²) >= 11 is 5.31. The SMILES string of the molecule is CC[C@@H]1c2ccsc2CCN1CN1C(=O)C(=O)c2cccc(Br)c21. The number of benzene rings is 1. The van der Waals surface area contributed by atoms with E-state index in [1.54, 1.807) is 17.0 Å². The monoisotopic (exact) mass is 404 g/mol. The van der Waals surface area contributed by atoms with Gasteiger partial charge in [0, 0.05) is 21.9 Å². The summed E-state index contributed by atoms with van der Waals surface area (Å²) in [7, 11) is 0. The topological polar surface area (TPSA) is 40.6 Å². The van der Waals surface area contributed by atoms with Crippen molar-refractivity contribution in [3.8, 4) is 0 Å². The van der Waals surface area contributed by atoms with E-state index in [1.807, 2.05) is 17.4 Å². The summed E-state index contributed by atoms with van der Waals surface area (Å²) in [5, 5.41) is 2.15. The molecule has 0 saturated carbocycles. The van der Waals surface area contributed by atoms with Crippen LogP contribution >= 0.6 is 27.3 Å². The van der Waals surface area contributed by atoms with Crippen LogP contribution in [0.4, 0.5) is 5.69 Å². The van der Waals surface area contributed by atoms with Crippen molar-refractivity contribution in [2.45, 2.75) is 25.8 Å². The predicted molar refractivity (Wildman–Crippen MR) is 98.6 cm³/mol. The maximum Gasteiger partial charge on any atom is 0.300 e. The van der Waals surface area contributed by atoms with Crippen LogP contribution in [0.3, 0.4) is 0 Å². The number of amides is 1. The number of para-hydroxylation sites is 1. The minimum Gasteiger partial charge on any atom is -0.290 e. The summed E-state index contributed by atoms with van der Waals surface area (Å²) in [6, 6.07) is 7.90. The lowest BCUT2D eigenvalue weighted by Gasteiger charge is -2.37. The van der Waals surface area contributed by atoms with Crippen molar-refractivity contribution in [1.29, 1.82) is 0 Å². The first-order chi connectivity index (χ1) is 11.6. The van der Waals surface area contributed by atoms with E-state index in [4.69, 9.17) is 0 Å². The molecule has 1 amide bonds. The molecule has 0 bridgehead atoms. The second-order valence-electron chi connectivity index (χ2n) is 6.13. The van der Waals surface area contributed by atoms with Crippen LogP contribution in [0.5, 0.6) is 0 Å². The van der Waals surface area contributed by atoms with Crippen molar-refractivity contribution in [1.82, 2.24) is 4.90 Å². The van der Waals surface area contributed by atoms with Crippen molar-refractivity contribution < 1.29 is 9.59 Å². The van der Waals surface area contributed by atoms with E-state index in [-0.39, 0.29) is 0 Å². The average Bonchev–Trinajstić information content (AvgIpc) is 3.15. The van der Waals surface area contributed by atoms with Crippen molar-refractivity contribution in [3.63, 3.8) is 0 Å². The Balaban J connectivity index is 1.67. The van der Waals surface area contributed by atoms with E-state index >= 15 is 0 Å². The number of carbonyl (C=O) groups is 2. The van der Waals surface area contributed by atoms with Gasteiger partial charge in [-0.25, -0.2) is 0 Å². The highest BCUT2D eigenvalue weighted by Crippen LogP contribution is 2.39. The third-order valence-corrected chi connectivity index (χ3v) is 6.49. The lowest BCUT2D eigenvalue weighted by Crippen LogP contribution is -2.45. The second-order valence-corrected chi connectivity index (χ2v) is 7.98. The minimum absolute atomic E-state index is 0.300. The van der Waals surface area contributed by atoms with Gasteiger partial charge >= 0.3 is 5.91 Å². The molecule has 1 atom stereocenters. The van der Waals surface area contributed by atoms with Gasteiger partial charge in [0.1, 0.15) is 0 Å². The highest BCUT2D eigenvalue weighted by molar-refractivity contribution is 9.10. The molecule has 24 heavy (non-hydrogen) atoms. The number of Topliss-reactive ketones (excluding diaryl/α,β-unsaturated/α-hetero) is 1. The summed E-state index contributed by atoms with van der Waals surface area (Å²) in [5.74, 6) is -0.838. The molecule has 0 spiro atoms. The third kappa shape index (κ3) is 2.36. The molecule has 1 aromatic carbocycles. The summed E-state index contributed by atoms with van der Waals surface area (Å²) in [5.41, 5.74) is 2.58. The van der Waals surface area contributed by atoms with Gasteiger partial charge in [0.2, 0.25) is 0 Å². The molecule has 4 rings (SSSR count). The van der Waals surface area contributed by atoms with E-state index in [0.717, 1.165) is 23.9 Å². The van der Waals surface area contributed by atoms with Gasteiger partial charge in [-0.1, -0.05) is 13.0 Å². The first-order valence-corrected chi connectivity index (χ1v) is 9.74. The second kappa shape index (κ2) is 6.10. The number of rotatable bonds is 3. The molecule has 4 nitrogen and oxygen atoms in total. The Hall–Kier alpha value is -1.50. The quantitative estimate of drug-likeness (QED) is 0.725. The van der Waals surface area contributed by atoms with Gasteiger partial charge in [-0.2, -0.15) is 0 Å². The number of thiophene rings is 1. The van der Waals surface area contributed by atoms with Gasteiger partial charge in [0.05, 0.1) is 17.9 Å². The number of hydrogen-bond donors (Lipinski definition) is 0. The van der Waals surface area contributed by atoms with Crippen LogP contribution in [-0.4, -0.2) is 29.8 Å². The molecule has 2 aliphatic rings. The highest BCUT2D eigenvalue weighted by Gasteiger charge is 2.39. The molecule has 1 aromatic heterocycles. The molecule has 124 valence electrons. The third-order valence-electron chi connectivity index (χ3n) is 4.86. The summed E-state index contributed by atoms with van der Waals surface area (Å²) in [6.45, 7) is 3.53. The Morgan fingerprint density at radius 2 is 2.12 bits per heavy atom. The molecule has 3 heterocycles. The first kappa shape index (κ1) is 16.0. The van der Waals surface area contributed by atoms with Crippen LogP contribution in [0, 0.1) is 0 Å². The number of ketones is 1. The maximum absolute atomic E-state index is 12.5. The normalized spacial score (nSPS) is 20.4. The number of hydrogen-bond acceptors (Lipinski definition) is 4. The van der Waals surface area contributed by atoms with Crippen LogP contribution in [0.1, 0.15) is 40.2 Å². The molecule has 0 N–H and O–H groups in total. The van der Waals surface area contributed by atoms with Crippen molar-refractivity contribution in [3.05, 3.63) is 50.1 Å². The van der Waals surface area contributed by atoms with Gasteiger partial charge in [-0.3, -0.25) is 19.4 Å². The maximum atomic E-state index is 12.5. The number of nitrogens with zero attached hydrogens (tertiary/aromatic N) is 2. The van der Waals surface area contributed by atoms with Gasteiger partial charge in [-0.05, 0) is 57.9 Å². The van der Waals surface area contributed by atoms with E-state index < -0.39 is 11.7 Å². The van der Waals surface area contributed by atoms with Crippen molar-refractivity contribution >= 4 is 44.6 Å². The Kier molecular flexibility index (Phi) is 4.06. The Morgan fingerprint density at radius 1 is 1.29 bits per heavy atom. The molecule has 0 aliphatic carbocycles. The van der Waals surface area contributed by atoms with Gasteiger partial charge in [0.25, 0.3) is 5.78 Å². The first-order valence-electron chi connectivity index (χ1n) is 8.06. The van der Waals surface area contributed by atoms with Crippen LogP contribution in [0.2, 0.25) is 0 Å².